The molecular weight excluding hydrogens is 554 g/mol. The highest BCUT2D eigenvalue weighted by Gasteiger charge is 2.45. The average molecular weight is 586 g/mol. The van der Waals surface area contributed by atoms with Crippen molar-refractivity contribution in [3.05, 3.63) is 15.7 Å². The molecule has 0 radical (unpaired) electrons. The number of thiazole rings is 1. The number of carbonyl (C=O) groups is 4. The first-order valence-electron chi connectivity index (χ1n) is 11.7. The number of esters is 3. The van der Waals surface area contributed by atoms with Crippen molar-refractivity contribution in [2.75, 3.05) is 31.4 Å². The van der Waals surface area contributed by atoms with E-state index in [9.17, 15) is 19.2 Å². The topological polar surface area (TPSA) is 223 Å². The summed E-state index contributed by atoms with van der Waals surface area (Å²) in [6, 6.07) is -0.0598. The number of aromatic nitrogens is 3. The van der Waals surface area contributed by atoms with Crippen LogP contribution >= 0.6 is 11.3 Å². The van der Waals surface area contributed by atoms with E-state index in [1.165, 1.54) is 32.8 Å². The molecule has 0 bridgehead atoms. The van der Waals surface area contributed by atoms with E-state index in [1.54, 1.807) is 12.4 Å². The summed E-state index contributed by atoms with van der Waals surface area (Å²) in [5.41, 5.74) is 5.63. The number of hydrogen-bond acceptors (Lipinski definition) is 15. The Balaban J connectivity index is 0.00000131. The lowest BCUT2D eigenvalue weighted by molar-refractivity contribution is -0.214. The summed E-state index contributed by atoms with van der Waals surface area (Å²) >= 11 is 1.15. The zero-order chi connectivity index (χ0) is 30.1. The first-order chi connectivity index (χ1) is 18.7. The van der Waals surface area contributed by atoms with Crippen molar-refractivity contribution in [2.24, 2.45) is 0 Å². The van der Waals surface area contributed by atoms with Crippen LogP contribution in [0.3, 0.4) is 0 Å². The molecule has 2 aromatic heterocycles. The van der Waals surface area contributed by atoms with Gasteiger partial charge in [0.25, 0.3) is 17.5 Å². The van der Waals surface area contributed by atoms with Crippen molar-refractivity contribution in [1.29, 1.82) is 0 Å². The lowest BCUT2D eigenvalue weighted by Crippen LogP contribution is -2.57. The second-order valence-corrected chi connectivity index (χ2v) is 9.25. The number of carboxylic acids is 1. The van der Waals surface area contributed by atoms with Crippen LogP contribution in [0.4, 0.5) is 10.9 Å². The number of nitrogens with zero attached hydrogens (tertiary/aromatic N) is 3. The highest BCUT2D eigenvalue weighted by molar-refractivity contribution is 7.13. The molecule has 0 spiro atoms. The molecular formula is C23H31N5O11S. The molecule has 1 aliphatic rings. The molecule has 2 aromatic rings. The van der Waals surface area contributed by atoms with E-state index in [1.807, 2.05) is 0 Å². The summed E-state index contributed by atoms with van der Waals surface area (Å²) in [5, 5.41) is 9.28. The van der Waals surface area contributed by atoms with Gasteiger partial charge in [0, 0.05) is 46.5 Å². The molecule has 1 aliphatic heterocycles. The number of anilines is 2. The Labute approximate surface area is 232 Å². The molecule has 1 saturated heterocycles. The minimum Gasteiger partial charge on any atom is -0.481 e. The zero-order valence-corrected chi connectivity index (χ0v) is 23.5. The molecule has 3 heterocycles. The van der Waals surface area contributed by atoms with Gasteiger partial charge in [0.1, 0.15) is 30.6 Å². The van der Waals surface area contributed by atoms with Crippen LogP contribution in [0.15, 0.2) is 10.2 Å². The van der Waals surface area contributed by atoms with Crippen molar-refractivity contribution in [3.63, 3.8) is 0 Å². The summed E-state index contributed by atoms with van der Waals surface area (Å²) in [5.74, 6) is -2.51. The van der Waals surface area contributed by atoms with Gasteiger partial charge >= 0.3 is 17.9 Å². The van der Waals surface area contributed by atoms with Gasteiger partial charge in [0.2, 0.25) is 0 Å². The molecule has 4 N–H and O–H groups in total. The normalized spacial score (nSPS) is 19.9. The first kappa shape index (κ1) is 32.0. The van der Waals surface area contributed by atoms with Gasteiger partial charge in [0.05, 0.1) is 12.8 Å². The highest BCUT2D eigenvalue weighted by atomic mass is 32.1. The molecule has 16 nitrogen and oxygen atoms in total. The number of rotatable bonds is 8. The number of carbonyl (C=O) groups excluding carboxylic acids is 3. The number of nitrogens with two attached hydrogens (primary N) is 1. The third-order valence-corrected chi connectivity index (χ3v) is 5.86. The Morgan fingerprint density at radius 2 is 1.77 bits per heavy atom. The number of aliphatic carboxylic acids is 1. The van der Waals surface area contributed by atoms with E-state index >= 15 is 0 Å². The lowest BCUT2D eigenvalue weighted by Gasteiger charge is -2.43. The first-order valence-corrected chi connectivity index (χ1v) is 12.6. The Morgan fingerprint density at radius 1 is 1.15 bits per heavy atom. The van der Waals surface area contributed by atoms with E-state index < -0.39 is 54.0 Å². The predicted octanol–water partition coefficient (Wildman–Crippen LogP) is 0.553. The minimum absolute atomic E-state index is 0.0278. The number of methoxy groups -OCH3 is 1. The van der Waals surface area contributed by atoms with Crippen molar-refractivity contribution in [3.8, 4) is 17.3 Å². The Bertz CT molecular complexity index is 1280. The van der Waals surface area contributed by atoms with Gasteiger partial charge in [-0.25, -0.2) is 4.98 Å². The third-order valence-electron chi connectivity index (χ3n) is 5.19. The smallest absolute Gasteiger partial charge is 0.303 e. The van der Waals surface area contributed by atoms with Gasteiger partial charge in [-0.15, -0.1) is 11.3 Å². The minimum atomic E-state index is -1.05. The van der Waals surface area contributed by atoms with Crippen LogP contribution < -0.4 is 20.9 Å². The van der Waals surface area contributed by atoms with E-state index in [2.05, 4.69) is 15.0 Å². The third kappa shape index (κ3) is 8.91. The maximum Gasteiger partial charge on any atom is 0.303 e. The Morgan fingerprint density at radius 3 is 2.27 bits per heavy atom. The maximum absolute atomic E-state index is 12.9. The van der Waals surface area contributed by atoms with E-state index in [0.29, 0.717) is 0 Å². The quantitative estimate of drug-likeness (QED) is 0.284. The number of H-pyrrole nitrogens is 1. The molecule has 0 saturated carbocycles. The fourth-order valence-corrected chi connectivity index (χ4v) is 4.28. The van der Waals surface area contributed by atoms with Crippen LogP contribution in [0.25, 0.3) is 11.3 Å². The fourth-order valence-electron chi connectivity index (χ4n) is 3.72. The maximum atomic E-state index is 12.9. The van der Waals surface area contributed by atoms with Crippen LogP contribution in [0.5, 0.6) is 6.01 Å². The number of hydrogen-bond donors (Lipinski definition) is 3. The summed E-state index contributed by atoms with van der Waals surface area (Å²) in [4.78, 5) is 69.6. The molecule has 1 fully saturated rings. The summed E-state index contributed by atoms with van der Waals surface area (Å²) in [6.45, 7) is 4.43. The lowest BCUT2D eigenvalue weighted by atomic mass is 9.99. The highest BCUT2D eigenvalue weighted by Crippen LogP contribution is 2.34. The van der Waals surface area contributed by atoms with Crippen molar-refractivity contribution >= 4 is 46.2 Å². The molecule has 0 amide bonds. The molecule has 40 heavy (non-hydrogen) atoms. The number of ether oxygens (including phenoxy) is 5. The largest absolute Gasteiger partial charge is 0.481 e. The summed E-state index contributed by atoms with van der Waals surface area (Å²) in [7, 11) is 2.94. The number of nitrogens with one attached hydrogen (secondary N) is 1. The number of nitrogen functional groups attached to an aromatic ring is 1. The van der Waals surface area contributed by atoms with Crippen molar-refractivity contribution in [2.45, 2.75) is 58.7 Å². The molecule has 3 rings (SSSR count). The van der Waals surface area contributed by atoms with Gasteiger partial charge in [-0.1, -0.05) is 0 Å². The van der Waals surface area contributed by atoms with Crippen LogP contribution in [-0.2, 0) is 38.1 Å². The number of carboxylic acid groups (broad SMARTS) is 1. The van der Waals surface area contributed by atoms with Gasteiger partial charge in [-0.3, -0.25) is 29.0 Å². The van der Waals surface area contributed by atoms with Gasteiger partial charge in [-0.2, -0.15) is 4.98 Å². The van der Waals surface area contributed by atoms with Gasteiger partial charge in [0.15, 0.2) is 17.1 Å². The van der Waals surface area contributed by atoms with Gasteiger partial charge < -0.3 is 39.4 Å². The Hall–Kier alpha value is -4.25. The van der Waals surface area contributed by atoms with Crippen LogP contribution in [-0.4, -0.2) is 89.2 Å². The Kier molecular flexibility index (Phi) is 11.4. The van der Waals surface area contributed by atoms with Crippen LogP contribution in [0, 0.1) is 0 Å². The molecule has 0 aliphatic carbocycles. The summed E-state index contributed by atoms with van der Waals surface area (Å²) in [6.07, 6.45) is -3.83. The second kappa shape index (κ2) is 14.2. The van der Waals surface area contributed by atoms with E-state index in [4.69, 9.17) is 39.3 Å². The van der Waals surface area contributed by atoms with Crippen LogP contribution in [0.2, 0.25) is 0 Å². The number of aromatic amines is 1. The molecule has 4 unspecified atom stereocenters. The summed E-state index contributed by atoms with van der Waals surface area (Å²) < 4.78 is 27.2. The molecule has 4 atom stereocenters. The molecule has 0 aromatic carbocycles. The van der Waals surface area contributed by atoms with Crippen molar-refractivity contribution < 1.29 is 48.0 Å². The molecule has 17 heteroatoms. The van der Waals surface area contributed by atoms with Crippen molar-refractivity contribution in [1.82, 2.24) is 15.0 Å². The average Bonchev–Trinajstić information content (AvgIpc) is 3.27. The monoisotopic (exact) mass is 585 g/mol. The second-order valence-electron chi connectivity index (χ2n) is 8.36. The zero-order valence-electron chi connectivity index (χ0n) is 22.7. The van der Waals surface area contributed by atoms with Gasteiger partial charge in [-0.05, 0) is 0 Å². The SMILES string of the molecule is CC(=O)O.COc1nc(N(C)C2CC(OC(C)=O)C(OC(C)=O)C(COC(C)=O)O2)c(-c2csc(N)n2)c(=O)[nH]1. The molecule has 220 valence electrons. The van der Waals surface area contributed by atoms with Crippen LogP contribution in [0.1, 0.15) is 34.1 Å². The van der Waals surface area contributed by atoms with E-state index in [0.717, 1.165) is 18.3 Å². The predicted molar refractivity (Wildman–Crippen MR) is 140 cm³/mol. The standard InChI is InChI=1S/C21H27N5O9S.C2H4O2/c1-9(27)32-7-14-17(34-11(3)29)13(33-10(2)28)6-15(35-14)26(4)18-16(12-8-36-20(22)23-12)19(30)25-21(24-18)31-5;1-2(3)4/h8,13-15,17H,6-7H2,1-5H3,(H2,22,23)(H,24,25,30);1H3,(H,3,4). The van der Waals surface area contributed by atoms with E-state index in [-0.39, 0.29) is 41.2 Å². The fraction of sp³-hybridized carbons (Fsp3) is 0.522.